The lowest BCUT2D eigenvalue weighted by molar-refractivity contribution is 0.0740. The quantitative estimate of drug-likeness (QED) is 0.774. The third kappa shape index (κ3) is 2.61. The monoisotopic (exact) mass is 220 g/mol. The molecule has 2 rings (SSSR count). The molecule has 16 heavy (non-hydrogen) atoms. The van der Waals surface area contributed by atoms with Crippen molar-refractivity contribution in [3.63, 3.8) is 0 Å². The lowest BCUT2D eigenvalue weighted by Gasteiger charge is -2.08. The average Bonchev–Trinajstić information content (AvgIpc) is 3.12. The van der Waals surface area contributed by atoms with Crippen molar-refractivity contribution in [2.75, 3.05) is 0 Å². The van der Waals surface area contributed by atoms with E-state index < -0.39 is 6.10 Å². The van der Waals surface area contributed by atoms with E-state index in [4.69, 9.17) is 4.74 Å². The van der Waals surface area contributed by atoms with Gasteiger partial charge in [0, 0.05) is 5.56 Å². The number of hydrogen-bond acceptors (Lipinski definition) is 3. The Kier molecular flexibility index (Phi) is 3.25. The van der Waals surface area contributed by atoms with E-state index in [0.29, 0.717) is 18.1 Å². The van der Waals surface area contributed by atoms with Gasteiger partial charge in [-0.25, -0.2) is 0 Å². The molecule has 0 amide bonds. The molecule has 0 aromatic heterocycles. The van der Waals surface area contributed by atoms with E-state index >= 15 is 0 Å². The van der Waals surface area contributed by atoms with Crippen molar-refractivity contribution in [2.24, 2.45) is 0 Å². The Hall–Kier alpha value is -1.35. The highest BCUT2D eigenvalue weighted by Gasteiger charge is 2.23. The second-order valence-electron chi connectivity index (χ2n) is 4.13. The summed E-state index contributed by atoms with van der Waals surface area (Å²) in [5, 5.41) is 9.42. The number of carbonyl (C=O) groups excluding carboxylic acids is 1. The molecular formula is C13H16O3. The van der Waals surface area contributed by atoms with E-state index in [9.17, 15) is 9.90 Å². The van der Waals surface area contributed by atoms with Gasteiger partial charge in [-0.05, 0) is 43.5 Å². The van der Waals surface area contributed by atoms with Gasteiger partial charge in [0.05, 0.1) is 6.10 Å². The zero-order valence-corrected chi connectivity index (χ0v) is 9.35. The van der Waals surface area contributed by atoms with E-state index in [1.165, 1.54) is 0 Å². The number of aliphatic hydroxyl groups excluding tert-OH is 1. The molecule has 3 nitrogen and oxygen atoms in total. The van der Waals surface area contributed by atoms with Crippen LogP contribution in [-0.2, 0) is 0 Å². The summed E-state index contributed by atoms with van der Waals surface area (Å²) in [5.41, 5.74) is 0.539. The second-order valence-corrected chi connectivity index (χ2v) is 4.13. The predicted octanol–water partition coefficient (Wildman–Crippen LogP) is 2.18. The van der Waals surface area contributed by atoms with E-state index in [1.807, 2.05) is 0 Å². The standard InChI is InChI=1S/C13H16O3/c1-2-12(14)13(15)9-3-5-10(6-4-9)16-11-7-8-11/h3-6,11-12,14H,2,7-8H2,1H3. The first-order chi connectivity index (χ1) is 7.70. The molecular weight excluding hydrogens is 204 g/mol. The van der Waals surface area contributed by atoms with E-state index in [-0.39, 0.29) is 5.78 Å². The molecule has 1 atom stereocenters. The van der Waals surface area contributed by atoms with Gasteiger partial charge in [-0.3, -0.25) is 4.79 Å². The molecule has 1 fully saturated rings. The fraction of sp³-hybridized carbons (Fsp3) is 0.462. The van der Waals surface area contributed by atoms with Crippen molar-refractivity contribution >= 4 is 5.78 Å². The summed E-state index contributed by atoms with van der Waals surface area (Å²) in [7, 11) is 0. The Morgan fingerprint density at radius 2 is 2.06 bits per heavy atom. The molecule has 3 heteroatoms. The first-order valence-electron chi connectivity index (χ1n) is 5.69. The molecule has 0 radical (unpaired) electrons. The number of carbonyl (C=O) groups is 1. The van der Waals surface area contributed by atoms with Gasteiger partial charge >= 0.3 is 0 Å². The van der Waals surface area contributed by atoms with Gasteiger partial charge < -0.3 is 9.84 Å². The van der Waals surface area contributed by atoms with Gasteiger partial charge in [-0.2, -0.15) is 0 Å². The number of rotatable bonds is 5. The van der Waals surface area contributed by atoms with Crippen LogP contribution in [0.1, 0.15) is 36.5 Å². The van der Waals surface area contributed by atoms with Crippen molar-refractivity contribution in [3.8, 4) is 5.75 Å². The molecule has 1 aromatic carbocycles. The highest BCUT2D eigenvalue weighted by molar-refractivity contribution is 5.99. The molecule has 1 aromatic rings. The smallest absolute Gasteiger partial charge is 0.191 e. The Labute approximate surface area is 95.0 Å². The number of Topliss-reactive ketones (excluding diaryl/α,β-unsaturated/α-hetero) is 1. The lowest BCUT2D eigenvalue weighted by Crippen LogP contribution is -2.19. The van der Waals surface area contributed by atoms with Crippen LogP contribution in [0.5, 0.6) is 5.75 Å². The van der Waals surface area contributed by atoms with Crippen LogP contribution in [0, 0.1) is 0 Å². The summed E-state index contributed by atoms with van der Waals surface area (Å²) in [5.74, 6) is 0.575. The first kappa shape index (κ1) is 11.1. The molecule has 1 unspecified atom stereocenters. The molecule has 0 spiro atoms. The average molecular weight is 220 g/mol. The Bertz CT molecular complexity index is 365. The summed E-state index contributed by atoms with van der Waals surface area (Å²) in [6.07, 6.45) is 2.15. The molecule has 0 heterocycles. The van der Waals surface area contributed by atoms with Crippen LogP contribution in [0.25, 0.3) is 0 Å². The molecule has 86 valence electrons. The number of benzene rings is 1. The fourth-order valence-corrected chi connectivity index (χ4v) is 1.45. The van der Waals surface area contributed by atoms with Crippen molar-refractivity contribution < 1.29 is 14.6 Å². The Morgan fingerprint density at radius 1 is 1.44 bits per heavy atom. The number of ether oxygens (including phenoxy) is 1. The zero-order chi connectivity index (χ0) is 11.5. The minimum Gasteiger partial charge on any atom is -0.490 e. The van der Waals surface area contributed by atoms with Crippen LogP contribution in [0.2, 0.25) is 0 Å². The molecule has 1 saturated carbocycles. The van der Waals surface area contributed by atoms with Gasteiger partial charge in [0.15, 0.2) is 5.78 Å². The van der Waals surface area contributed by atoms with Crippen LogP contribution in [-0.4, -0.2) is 23.1 Å². The van der Waals surface area contributed by atoms with Crippen molar-refractivity contribution in [1.82, 2.24) is 0 Å². The van der Waals surface area contributed by atoms with Gasteiger partial charge in [0.25, 0.3) is 0 Å². The Balaban J connectivity index is 2.02. The van der Waals surface area contributed by atoms with Crippen LogP contribution in [0.3, 0.4) is 0 Å². The normalized spacial score (nSPS) is 16.9. The third-order valence-corrected chi connectivity index (χ3v) is 2.66. The minimum absolute atomic E-state index is 0.222. The molecule has 1 aliphatic rings. The van der Waals surface area contributed by atoms with Crippen molar-refractivity contribution in [3.05, 3.63) is 29.8 Å². The van der Waals surface area contributed by atoms with Crippen molar-refractivity contribution in [2.45, 2.75) is 38.4 Å². The number of hydrogen-bond donors (Lipinski definition) is 1. The van der Waals surface area contributed by atoms with Crippen LogP contribution in [0.4, 0.5) is 0 Å². The minimum atomic E-state index is -0.893. The highest BCUT2D eigenvalue weighted by atomic mass is 16.5. The summed E-state index contributed by atoms with van der Waals surface area (Å²) in [4.78, 5) is 11.6. The maximum Gasteiger partial charge on any atom is 0.191 e. The highest BCUT2D eigenvalue weighted by Crippen LogP contribution is 2.26. The largest absolute Gasteiger partial charge is 0.490 e. The second kappa shape index (κ2) is 4.66. The number of ketones is 1. The topological polar surface area (TPSA) is 46.5 Å². The van der Waals surface area contributed by atoms with Crippen molar-refractivity contribution in [1.29, 1.82) is 0 Å². The molecule has 0 saturated heterocycles. The Morgan fingerprint density at radius 3 is 2.56 bits per heavy atom. The third-order valence-electron chi connectivity index (χ3n) is 2.66. The zero-order valence-electron chi connectivity index (χ0n) is 9.35. The maximum atomic E-state index is 11.6. The molecule has 0 aliphatic heterocycles. The van der Waals surface area contributed by atoms with Gasteiger partial charge in [0.2, 0.25) is 0 Å². The van der Waals surface area contributed by atoms with Crippen LogP contribution < -0.4 is 4.74 Å². The summed E-state index contributed by atoms with van der Waals surface area (Å²) < 4.78 is 5.57. The lowest BCUT2D eigenvalue weighted by atomic mass is 10.0. The number of aliphatic hydroxyl groups is 1. The molecule has 1 N–H and O–H groups in total. The van der Waals surface area contributed by atoms with E-state index in [2.05, 4.69) is 0 Å². The summed E-state index contributed by atoms with van der Waals surface area (Å²) >= 11 is 0. The SMILES string of the molecule is CCC(O)C(=O)c1ccc(OC2CC2)cc1. The van der Waals surface area contributed by atoms with Crippen LogP contribution >= 0.6 is 0 Å². The van der Waals surface area contributed by atoms with Gasteiger partial charge in [-0.15, -0.1) is 0 Å². The summed E-state index contributed by atoms with van der Waals surface area (Å²) in [6.45, 7) is 1.78. The first-order valence-corrected chi connectivity index (χ1v) is 5.69. The summed E-state index contributed by atoms with van der Waals surface area (Å²) in [6, 6.07) is 6.99. The van der Waals surface area contributed by atoms with E-state index in [1.54, 1.807) is 31.2 Å². The molecule has 1 aliphatic carbocycles. The van der Waals surface area contributed by atoms with Crippen LogP contribution in [0.15, 0.2) is 24.3 Å². The predicted molar refractivity (Wildman–Crippen MR) is 60.7 cm³/mol. The van der Waals surface area contributed by atoms with Gasteiger partial charge in [-0.1, -0.05) is 6.92 Å². The van der Waals surface area contributed by atoms with Gasteiger partial charge in [0.1, 0.15) is 11.9 Å². The maximum absolute atomic E-state index is 11.6. The fourth-order valence-electron chi connectivity index (χ4n) is 1.45. The molecule has 0 bridgehead atoms. The van der Waals surface area contributed by atoms with E-state index in [0.717, 1.165) is 18.6 Å².